The third-order valence-corrected chi connectivity index (χ3v) is 4.23. The highest BCUT2D eigenvalue weighted by Crippen LogP contribution is 2.20. The van der Waals surface area contributed by atoms with Crippen molar-refractivity contribution in [3.8, 4) is 0 Å². The van der Waals surface area contributed by atoms with Crippen molar-refractivity contribution in [2.24, 2.45) is 0 Å². The van der Waals surface area contributed by atoms with Crippen molar-refractivity contribution in [2.45, 2.75) is 31.7 Å². The molecular formula is C14H27N3O2. The molecule has 2 fully saturated rings. The van der Waals surface area contributed by atoms with E-state index in [9.17, 15) is 4.79 Å². The van der Waals surface area contributed by atoms with Crippen LogP contribution in [0.2, 0.25) is 0 Å². The second kappa shape index (κ2) is 7.82. The van der Waals surface area contributed by atoms with Crippen LogP contribution >= 0.6 is 0 Å². The van der Waals surface area contributed by atoms with E-state index >= 15 is 0 Å². The topological polar surface area (TPSA) is 44.8 Å². The number of hydrogen-bond donors (Lipinski definition) is 1. The Morgan fingerprint density at radius 1 is 1.21 bits per heavy atom. The van der Waals surface area contributed by atoms with Gasteiger partial charge in [-0.25, -0.2) is 0 Å². The maximum Gasteiger partial charge on any atom is 0.236 e. The fourth-order valence-electron chi connectivity index (χ4n) is 3.07. The number of piperidine rings is 1. The van der Waals surface area contributed by atoms with Gasteiger partial charge in [-0.05, 0) is 38.8 Å². The van der Waals surface area contributed by atoms with Crippen LogP contribution in [0.5, 0.6) is 0 Å². The van der Waals surface area contributed by atoms with Crippen molar-refractivity contribution in [2.75, 3.05) is 53.0 Å². The number of carbonyl (C=O) groups is 1. The molecule has 0 saturated carbocycles. The maximum atomic E-state index is 12.0. The Labute approximate surface area is 116 Å². The summed E-state index contributed by atoms with van der Waals surface area (Å²) in [4.78, 5) is 16.6. The third-order valence-electron chi connectivity index (χ3n) is 4.23. The first-order valence-corrected chi connectivity index (χ1v) is 7.52. The molecule has 1 N–H and O–H groups in total. The van der Waals surface area contributed by atoms with E-state index in [0.717, 1.165) is 32.5 Å². The molecule has 0 aromatic carbocycles. The van der Waals surface area contributed by atoms with Gasteiger partial charge >= 0.3 is 0 Å². The second-order valence-corrected chi connectivity index (χ2v) is 5.52. The average Bonchev–Trinajstić information content (AvgIpc) is 2.98. The first-order chi connectivity index (χ1) is 9.31. The van der Waals surface area contributed by atoms with Crippen LogP contribution in [0.3, 0.4) is 0 Å². The minimum absolute atomic E-state index is 0.232. The van der Waals surface area contributed by atoms with Crippen LogP contribution in [0.25, 0.3) is 0 Å². The highest BCUT2D eigenvalue weighted by molar-refractivity contribution is 5.78. The number of amides is 1. The molecule has 0 aromatic heterocycles. The Morgan fingerprint density at radius 3 is 2.53 bits per heavy atom. The van der Waals surface area contributed by atoms with Crippen LogP contribution in [-0.2, 0) is 9.53 Å². The zero-order valence-corrected chi connectivity index (χ0v) is 12.1. The van der Waals surface area contributed by atoms with Crippen molar-refractivity contribution >= 4 is 5.91 Å². The number of methoxy groups -OCH3 is 1. The lowest BCUT2D eigenvalue weighted by atomic mass is 10.0. The number of nitrogens with one attached hydrogen (secondary N) is 1. The summed E-state index contributed by atoms with van der Waals surface area (Å²) in [5.41, 5.74) is 0. The second-order valence-electron chi connectivity index (χ2n) is 5.52. The highest BCUT2D eigenvalue weighted by atomic mass is 16.5. The van der Waals surface area contributed by atoms with Crippen LogP contribution in [0.4, 0.5) is 0 Å². The van der Waals surface area contributed by atoms with E-state index in [1.54, 1.807) is 7.11 Å². The van der Waals surface area contributed by atoms with E-state index in [0.29, 0.717) is 19.2 Å². The van der Waals surface area contributed by atoms with Crippen molar-refractivity contribution < 1.29 is 9.53 Å². The molecule has 2 heterocycles. The summed E-state index contributed by atoms with van der Waals surface area (Å²) < 4.78 is 4.95. The van der Waals surface area contributed by atoms with Gasteiger partial charge in [0.05, 0.1) is 13.2 Å². The molecule has 1 amide bonds. The minimum atomic E-state index is 0.232. The normalized spacial score (nSPS) is 22.1. The van der Waals surface area contributed by atoms with Crippen LogP contribution in [-0.4, -0.2) is 74.7 Å². The Kier molecular flexibility index (Phi) is 6.07. The maximum absolute atomic E-state index is 12.0. The Morgan fingerprint density at radius 2 is 1.89 bits per heavy atom. The molecule has 5 nitrogen and oxygen atoms in total. The third kappa shape index (κ3) is 4.44. The van der Waals surface area contributed by atoms with E-state index in [4.69, 9.17) is 4.74 Å². The van der Waals surface area contributed by atoms with Gasteiger partial charge in [-0.2, -0.15) is 0 Å². The van der Waals surface area contributed by atoms with Crippen LogP contribution in [0.15, 0.2) is 0 Å². The van der Waals surface area contributed by atoms with Gasteiger partial charge < -0.3 is 19.9 Å². The van der Waals surface area contributed by atoms with Crippen molar-refractivity contribution in [1.29, 1.82) is 0 Å². The zero-order chi connectivity index (χ0) is 13.5. The largest absolute Gasteiger partial charge is 0.383 e. The van der Waals surface area contributed by atoms with Gasteiger partial charge in [0.25, 0.3) is 0 Å². The predicted octanol–water partition coefficient (Wildman–Crippen LogP) is 0.309. The predicted molar refractivity (Wildman–Crippen MR) is 75.2 cm³/mol. The summed E-state index contributed by atoms with van der Waals surface area (Å²) in [6, 6.07) is 0.716. The number of likely N-dealkylation sites (tertiary alicyclic amines) is 2. The van der Waals surface area contributed by atoms with Gasteiger partial charge in [-0.15, -0.1) is 0 Å². The average molecular weight is 269 g/mol. The van der Waals surface area contributed by atoms with E-state index < -0.39 is 0 Å². The first kappa shape index (κ1) is 14.8. The summed E-state index contributed by atoms with van der Waals surface area (Å²) >= 11 is 0. The van der Waals surface area contributed by atoms with E-state index in [1.165, 1.54) is 25.9 Å². The lowest BCUT2D eigenvalue weighted by Crippen LogP contribution is -2.48. The molecule has 2 saturated heterocycles. The van der Waals surface area contributed by atoms with Gasteiger partial charge in [0.1, 0.15) is 0 Å². The fourth-order valence-corrected chi connectivity index (χ4v) is 3.07. The van der Waals surface area contributed by atoms with Gasteiger partial charge in [0.15, 0.2) is 0 Å². The molecule has 0 bridgehead atoms. The summed E-state index contributed by atoms with van der Waals surface area (Å²) in [5, 5.41) is 3.12. The Hall–Kier alpha value is -0.650. The van der Waals surface area contributed by atoms with Crippen molar-refractivity contribution in [1.82, 2.24) is 15.1 Å². The number of hydrogen-bond acceptors (Lipinski definition) is 4. The van der Waals surface area contributed by atoms with E-state index in [-0.39, 0.29) is 5.91 Å². The smallest absolute Gasteiger partial charge is 0.236 e. The van der Waals surface area contributed by atoms with Crippen molar-refractivity contribution in [3.05, 3.63) is 0 Å². The molecule has 110 valence electrons. The highest BCUT2D eigenvalue weighted by Gasteiger charge is 2.27. The number of carbonyl (C=O) groups excluding carboxylic acids is 1. The standard InChI is InChI=1S/C14H27N3O2/c1-19-11-6-15-12-14(18)17-9-4-13(5-10-17)16-7-2-3-8-16/h13,15H,2-12H2,1H3. The lowest BCUT2D eigenvalue weighted by molar-refractivity contribution is -0.131. The Bertz CT molecular complexity index is 272. The molecule has 0 unspecified atom stereocenters. The summed E-state index contributed by atoms with van der Waals surface area (Å²) in [5.74, 6) is 0.232. The zero-order valence-electron chi connectivity index (χ0n) is 12.1. The molecule has 0 aromatic rings. The minimum Gasteiger partial charge on any atom is -0.383 e. The number of nitrogens with zero attached hydrogens (tertiary/aromatic N) is 2. The lowest BCUT2D eigenvalue weighted by Gasteiger charge is -2.36. The molecule has 0 radical (unpaired) electrons. The summed E-state index contributed by atoms with van der Waals surface area (Å²) in [6.07, 6.45) is 4.98. The fraction of sp³-hybridized carbons (Fsp3) is 0.929. The van der Waals surface area contributed by atoms with E-state index in [1.807, 2.05) is 4.90 Å². The van der Waals surface area contributed by atoms with Crippen LogP contribution in [0.1, 0.15) is 25.7 Å². The molecule has 2 aliphatic rings. The molecule has 2 aliphatic heterocycles. The molecule has 0 spiro atoms. The first-order valence-electron chi connectivity index (χ1n) is 7.52. The number of rotatable bonds is 6. The van der Waals surface area contributed by atoms with Crippen LogP contribution < -0.4 is 5.32 Å². The molecular weight excluding hydrogens is 242 g/mol. The number of ether oxygens (including phenoxy) is 1. The quantitative estimate of drug-likeness (QED) is 0.705. The summed E-state index contributed by atoms with van der Waals surface area (Å²) in [7, 11) is 1.67. The van der Waals surface area contributed by atoms with Gasteiger partial charge in [-0.3, -0.25) is 4.79 Å². The monoisotopic (exact) mass is 269 g/mol. The van der Waals surface area contributed by atoms with Gasteiger partial charge in [0, 0.05) is 32.8 Å². The molecule has 0 aliphatic carbocycles. The molecule has 5 heteroatoms. The van der Waals surface area contributed by atoms with Gasteiger partial charge in [-0.1, -0.05) is 0 Å². The molecule has 19 heavy (non-hydrogen) atoms. The summed E-state index contributed by atoms with van der Waals surface area (Å²) in [6.45, 7) is 6.21. The SMILES string of the molecule is COCCNCC(=O)N1CCC(N2CCCC2)CC1. The molecule has 0 atom stereocenters. The van der Waals surface area contributed by atoms with Crippen LogP contribution in [0, 0.1) is 0 Å². The van der Waals surface area contributed by atoms with Gasteiger partial charge in [0.2, 0.25) is 5.91 Å². The Balaban J connectivity index is 1.63. The molecule has 2 rings (SSSR count). The van der Waals surface area contributed by atoms with E-state index in [2.05, 4.69) is 10.2 Å². The van der Waals surface area contributed by atoms with Crippen molar-refractivity contribution in [3.63, 3.8) is 0 Å².